The van der Waals surface area contributed by atoms with Crippen LogP contribution in [0.4, 0.5) is 5.69 Å². The Morgan fingerprint density at radius 2 is 1.45 bits per heavy atom. The average molecular weight is 514 g/mol. The summed E-state index contributed by atoms with van der Waals surface area (Å²) in [4.78, 5) is 36.3. The number of rotatable bonds is 10. The van der Waals surface area contributed by atoms with Gasteiger partial charge in [0, 0.05) is 28.9 Å². The van der Waals surface area contributed by atoms with Gasteiger partial charge in [-0.3, -0.25) is 14.4 Å². The maximum Gasteiger partial charge on any atom is 0.251 e. The number of ketones is 1. The molecule has 3 aromatic rings. The normalized spacial score (nSPS) is 12.0. The van der Waals surface area contributed by atoms with E-state index in [0.717, 1.165) is 11.1 Å². The lowest BCUT2D eigenvalue weighted by Gasteiger charge is -2.19. The van der Waals surface area contributed by atoms with Crippen LogP contribution in [0.15, 0.2) is 72.8 Å². The van der Waals surface area contributed by atoms with Crippen LogP contribution in [-0.4, -0.2) is 53.1 Å². The molecule has 0 aromatic heterocycles. The van der Waals surface area contributed by atoms with Crippen molar-refractivity contribution in [2.24, 2.45) is 0 Å². The van der Waals surface area contributed by atoms with Gasteiger partial charge in [-0.05, 0) is 67.9 Å². The topological polar surface area (TPSA) is 128 Å². The highest BCUT2D eigenvalue weighted by Gasteiger charge is 2.25. The molecule has 2 amide bonds. The molecule has 0 heterocycles. The third-order valence-corrected chi connectivity index (χ3v) is 5.67. The molecule has 8 heteroatoms. The van der Waals surface area contributed by atoms with Gasteiger partial charge in [-0.1, -0.05) is 41.7 Å². The molecule has 0 aliphatic rings. The number of aryl methyl sites for hydroxylation is 1. The van der Waals surface area contributed by atoms with Gasteiger partial charge in [-0.25, -0.2) is 0 Å². The Hall–Kier alpha value is -4.29. The second-order valence-corrected chi connectivity index (χ2v) is 8.86. The van der Waals surface area contributed by atoms with Crippen molar-refractivity contribution < 1.29 is 24.6 Å². The third kappa shape index (κ3) is 8.68. The molecule has 3 rings (SSSR count). The molecule has 0 saturated carbocycles. The van der Waals surface area contributed by atoms with E-state index in [0.29, 0.717) is 23.4 Å². The van der Waals surface area contributed by atoms with E-state index >= 15 is 0 Å². The van der Waals surface area contributed by atoms with Crippen LogP contribution < -0.4 is 16.0 Å². The molecule has 0 aliphatic heterocycles. The van der Waals surface area contributed by atoms with Crippen molar-refractivity contribution in [1.82, 2.24) is 10.6 Å². The molecule has 0 aliphatic carbocycles. The number of anilines is 1. The summed E-state index contributed by atoms with van der Waals surface area (Å²) >= 11 is 0. The summed E-state index contributed by atoms with van der Waals surface area (Å²) in [5.74, 6) is 4.70. The van der Waals surface area contributed by atoms with E-state index in [2.05, 4.69) is 27.8 Å². The fourth-order valence-electron chi connectivity index (χ4n) is 3.51. The third-order valence-electron chi connectivity index (χ3n) is 5.67. The Balaban J connectivity index is 1.50. The molecule has 2 atom stereocenters. The molecule has 5 N–H and O–H groups in total. The molecule has 0 unspecified atom stereocenters. The largest absolute Gasteiger partial charge is 0.391 e. The number of carbonyl (C=O) groups is 3. The summed E-state index contributed by atoms with van der Waals surface area (Å²) < 4.78 is 0. The maximum atomic E-state index is 12.4. The Morgan fingerprint density at radius 1 is 0.868 bits per heavy atom. The second kappa shape index (κ2) is 13.9. The Bertz CT molecular complexity index is 1310. The van der Waals surface area contributed by atoms with E-state index < -0.39 is 30.4 Å². The number of carbonyl (C=O) groups excluding carboxylic acids is 3. The van der Waals surface area contributed by atoms with Crippen molar-refractivity contribution in [3.05, 3.63) is 101 Å². The van der Waals surface area contributed by atoms with Crippen LogP contribution >= 0.6 is 0 Å². The molecule has 0 spiro atoms. The zero-order valence-electron chi connectivity index (χ0n) is 21.3. The highest BCUT2D eigenvalue weighted by atomic mass is 16.3. The van der Waals surface area contributed by atoms with Crippen molar-refractivity contribution >= 4 is 23.3 Å². The van der Waals surface area contributed by atoms with Crippen molar-refractivity contribution in [3.63, 3.8) is 0 Å². The monoisotopic (exact) mass is 513 g/mol. The van der Waals surface area contributed by atoms with Crippen LogP contribution in [0.1, 0.15) is 39.5 Å². The fourth-order valence-corrected chi connectivity index (χ4v) is 3.51. The Labute approximate surface area is 222 Å². The second-order valence-electron chi connectivity index (χ2n) is 8.86. The van der Waals surface area contributed by atoms with E-state index in [9.17, 15) is 19.5 Å². The van der Waals surface area contributed by atoms with Crippen molar-refractivity contribution in [2.45, 2.75) is 32.5 Å². The summed E-state index contributed by atoms with van der Waals surface area (Å²) in [6.45, 7) is 3.43. The van der Waals surface area contributed by atoms with Crippen LogP contribution in [0, 0.1) is 18.8 Å². The van der Waals surface area contributed by atoms with E-state index in [-0.39, 0.29) is 12.5 Å². The lowest BCUT2D eigenvalue weighted by atomic mass is 10.1. The average Bonchev–Trinajstić information content (AvgIpc) is 2.92. The highest BCUT2D eigenvalue weighted by Crippen LogP contribution is 2.10. The van der Waals surface area contributed by atoms with Crippen LogP contribution in [0.3, 0.4) is 0 Å². The van der Waals surface area contributed by atoms with Gasteiger partial charge in [0.15, 0.2) is 5.78 Å². The van der Waals surface area contributed by atoms with Gasteiger partial charge in [0.05, 0.1) is 12.6 Å². The lowest BCUT2D eigenvalue weighted by molar-refractivity contribution is -0.125. The molecule has 0 radical (unpaired) electrons. The van der Waals surface area contributed by atoms with Crippen LogP contribution in [0.25, 0.3) is 0 Å². The van der Waals surface area contributed by atoms with E-state index in [4.69, 9.17) is 5.11 Å². The molecule has 196 valence electrons. The first-order valence-corrected chi connectivity index (χ1v) is 12.2. The van der Waals surface area contributed by atoms with Crippen molar-refractivity contribution in [2.75, 3.05) is 18.5 Å². The zero-order chi connectivity index (χ0) is 27.5. The fraction of sp³-hybridized carbons (Fsp3) is 0.233. The lowest BCUT2D eigenvalue weighted by Crippen LogP contribution is -2.48. The Morgan fingerprint density at radius 3 is 2.00 bits per heavy atom. The smallest absolute Gasteiger partial charge is 0.251 e. The van der Waals surface area contributed by atoms with Crippen LogP contribution in [-0.2, 0) is 16.1 Å². The Kier molecular flexibility index (Phi) is 10.3. The molecular formula is C30H31N3O5. The molecule has 8 nitrogen and oxygen atoms in total. The van der Waals surface area contributed by atoms with Gasteiger partial charge in [-0.15, -0.1) is 0 Å². The van der Waals surface area contributed by atoms with Crippen LogP contribution in [0.2, 0.25) is 0 Å². The number of hydrogen-bond donors (Lipinski definition) is 5. The molecule has 0 bridgehead atoms. The first-order chi connectivity index (χ1) is 18.2. The molecule has 3 aromatic carbocycles. The summed E-state index contributed by atoms with van der Waals surface area (Å²) in [7, 11) is 0. The zero-order valence-corrected chi connectivity index (χ0v) is 21.3. The molecular weight excluding hydrogens is 482 g/mol. The van der Waals surface area contributed by atoms with Crippen molar-refractivity contribution in [1.29, 1.82) is 0 Å². The molecule has 0 saturated heterocycles. The number of hydrogen-bond acceptors (Lipinski definition) is 6. The predicted molar refractivity (Wildman–Crippen MR) is 145 cm³/mol. The highest BCUT2D eigenvalue weighted by molar-refractivity contribution is 5.98. The maximum absolute atomic E-state index is 12.4. The number of aliphatic hydroxyl groups is 2. The standard InChI is InChI=1S/C30H31N3O5/c1-20-3-5-24(6-4-20)17-31-18-28(37)32-26-15-11-23(12-16-26)8-7-22-9-13-25(14-10-22)30(38)33-29(21(2)35)27(36)19-34/h3-6,9-16,21,29,31,34-35H,17-19H2,1-2H3,(H,32,37)(H,33,38)/t21-,29+/m1/s1. The van der Waals surface area contributed by atoms with Gasteiger partial charge in [0.2, 0.25) is 5.91 Å². The minimum Gasteiger partial charge on any atom is -0.391 e. The number of benzene rings is 3. The molecule has 38 heavy (non-hydrogen) atoms. The predicted octanol–water partition coefficient (Wildman–Crippen LogP) is 2.16. The van der Waals surface area contributed by atoms with E-state index in [1.165, 1.54) is 12.5 Å². The summed E-state index contributed by atoms with van der Waals surface area (Å²) in [6, 6.07) is 20.6. The van der Waals surface area contributed by atoms with Gasteiger partial charge < -0.3 is 26.2 Å². The van der Waals surface area contributed by atoms with E-state index in [1.807, 2.05) is 31.2 Å². The summed E-state index contributed by atoms with van der Waals surface area (Å²) in [5.41, 5.74) is 4.70. The van der Waals surface area contributed by atoms with Gasteiger partial charge in [0.1, 0.15) is 12.6 Å². The number of aliphatic hydroxyl groups excluding tert-OH is 2. The van der Waals surface area contributed by atoms with Crippen molar-refractivity contribution in [3.8, 4) is 11.8 Å². The van der Waals surface area contributed by atoms with Crippen LogP contribution in [0.5, 0.6) is 0 Å². The van der Waals surface area contributed by atoms with Gasteiger partial charge in [-0.2, -0.15) is 0 Å². The first kappa shape index (κ1) is 28.3. The summed E-state index contributed by atoms with van der Waals surface area (Å²) in [5, 5.41) is 27.1. The minimum atomic E-state index is -1.19. The molecule has 0 fully saturated rings. The number of nitrogens with one attached hydrogen (secondary N) is 3. The minimum absolute atomic E-state index is 0.138. The van der Waals surface area contributed by atoms with Gasteiger partial charge >= 0.3 is 0 Å². The number of Topliss-reactive ketones (excluding diaryl/α,β-unsaturated/α-hetero) is 1. The quantitative estimate of drug-likeness (QED) is 0.265. The number of amides is 2. The SMILES string of the molecule is Cc1ccc(CNCC(=O)Nc2ccc(C#Cc3ccc(C(=O)N[C@H](C(=O)CO)[C@@H](C)O)cc3)cc2)cc1. The first-order valence-electron chi connectivity index (χ1n) is 12.2. The summed E-state index contributed by atoms with van der Waals surface area (Å²) in [6.07, 6.45) is -1.14. The van der Waals surface area contributed by atoms with Gasteiger partial charge in [0.25, 0.3) is 5.91 Å². The van der Waals surface area contributed by atoms with E-state index in [1.54, 1.807) is 48.5 Å².